The van der Waals surface area contributed by atoms with Crippen molar-refractivity contribution in [1.82, 2.24) is 10.2 Å². The highest BCUT2D eigenvalue weighted by Gasteiger charge is 2.64. The third-order valence-electron chi connectivity index (χ3n) is 10.2. The number of aliphatic hydroxyl groups excluding tert-OH is 1. The van der Waals surface area contributed by atoms with Crippen LogP contribution in [0.4, 0.5) is 0 Å². The first kappa shape index (κ1) is 30.5. The van der Waals surface area contributed by atoms with Crippen molar-refractivity contribution in [2.24, 2.45) is 11.8 Å². The van der Waals surface area contributed by atoms with E-state index in [-0.39, 0.29) is 30.4 Å². The lowest BCUT2D eigenvalue weighted by Gasteiger charge is -2.57. The van der Waals surface area contributed by atoms with E-state index in [1.54, 1.807) is 6.92 Å². The summed E-state index contributed by atoms with van der Waals surface area (Å²) >= 11 is 0. The van der Waals surface area contributed by atoms with Crippen molar-refractivity contribution in [2.45, 2.75) is 94.7 Å². The van der Waals surface area contributed by atoms with Crippen molar-refractivity contribution in [3.8, 4) is 5.75 Å². The predicted octanol–water partition coefficient (Wildman–Crippen LogP) is 0.939. The molecule has 1 spiro atoms. The van der Waals surface area contributed by atoms with Crippen LogP contribution in [0.1, 0.15) is 50.3 Å². The number of hydrogen-bond donors (Lipinski definition) is 2. The number of piperidine rings is 1. The van der Waals surface area contributed by atoms with Crippen LogP contribution in [0.5, 0.6) is 5.75 Å². The van der Waals surface area contributed by atoms with E-state index >= 15 is 0 Å². The Labute approximate surface area is 256 Å². The Morgan fingerprint density at radius 1 is 1.11 bits per heavy atom. The normalized spacial score (nSPS) is 36.5. The average molecular weight is 613 g/mol. The smallest absolute Gasteiger partial charge is 0.335 e. The molecular formula is C32H40N2O10. The number of likely N-dealkylation sites (N-methyl/N-ethyl adjacent to an activating group) is 1. The monoisotopic (exact) mass is 612 g/mol. The van der Waals surface area contributed by atoms with E-state index in [2.05, 4.69) is 29.4 Å². The van der Waals surface area contributed by atoms with Crippen molar-refractivity contribution < 1.29 is 48.0 Å². The van der Waals surface area contributed by atoms with Crippen molar-refractivity contribution in [3.63, 3.8) is 0 Å². The number of hydrogen-bond acceptors (Lipinski definition) is 11. The van der Waals surface area contributed by atoms with Crippen LogP contribution in [0.15, 0.2) is 24.3 Å². The molecule has 3 aliphatic heterocycles. The van der Waals surface area contributed by atoms with E-state index in [1.165, 1.54) is 26.5 Å². The van der Waals surface area contributed by atoms with Gasteiger partial charge in [0.1, 0.15) is 24.1 Å². The molecule has 10 atom stereocenters. The highest BCUT2D eigenvalue weighted by atomic mass is 16.6. The van der Waals surface area contributed by atoms with Gasteiger partial charge in [-0.3, -0.25) is 14.4 Å². The summed E-state index contributed by atoms with van der Waals surface area (Å²) in [6.07, 6.45) is 0.808. The summed E-state index contributed by atoms with van der Waals surface area (Å²) in [6, 6.07) is 3.81. The van der Waals surface area contributed by atoms with E-state index in [9.17, 15) is 24.3 Å². The number of esters is 3. The minimum atomic E-state index is -1.15. The molecule has 238 valence electrons. The molecule has 1 aromatic carbocycles. The summed E-state index contributed by atoms with van der Waals surface area (Å²) in [5.74, 6) is -2.19. The molecule has 0 radical (unpaired) electrons. The number of nitrogens with zero attached hydrogens (tertiary/aromatic N) is 1. The number of carbonyl (C=O) groups excluding carboxylic acids is 4. The molecule has 44 heavy (non-hydrogen) atoms. The van der Waals surface area contributed by atoms with Gasteiger partial charge in [-0.1, -0.05) is 31.2 Å². The van der Waals surface area contributed by atoms with Gasteiger partial charge in [-0.05, 0) is 32.0 Å². The van der Waals surface area contributed by atoms with Gasteiger partial charge in [0.15, 0.2) is 12.2 Å². The van der Waals surface area contributed by atoms with Gasteiger partial charge in [0.2, 0.25) is 5.91 Å². The number of rotatable bonds is 7. The van der Waals surface area contributed by atoms with E-state index in [0.717, 1.165) is 36.3 Å². The van der Waals surface area contributed by atoms with Crippen LogP contribution in [0.3, 0.4) is 0 Å². The van der Waals surface area contributed by atoms with Gasteiger partial charge in [-0.2, -0.15) is 0 Å². The summed E-state index contributed by atoms with van der Waals surface area (Å²) in [7, 11) is 3.36. The van der Waals surface area contributed by atoms with Crippen molar-refractivity contribution in [3.05, 3.63) is 41.0 Å². The SMILES string of the molecule is COC(=O)[C@H]1OC(CC(=O)N[C@@H]2C=CC3[C@H]4Cc5ccc(CO)c6c5[C@@]3(CCN4C)C2O6)[C@H](OC(C)=O)[C@@H](OC(C)=O)[C@@H]1C. The topological polar surface area (TPSA) is 150 Å². The molecule has 1 aromatic rings. The van der Waals surface area contributed by atoms with Crippen LogP contribution in [0.2, 0.25) is 0 Å². The van der Waals surface area contributed by atoms with Crippen LogP contribution < -0.4 is 10.1 Å². The molecule has 0 aromatic heterocycles. The van der Waals surface area contributed by atoms with E-state index in [4.69, 9.17) is 23.7 Å². The Balaban J connectivity index is 1.28. The number of likely N-dealkylation sites (tertiary alicyclic amines) is 1. The Morgan fingerprint density at radius 3 is 2.52 bits per heavy atom. The van der Waals surface area contributed by atoms with Crippen LogP contribution in [-0.2, 0) is 56.6 Å². The standard InChI is InChI=1S/C32H40N2O10/c1-15-26(41-16(2)36)29(42-17(3)37)23(43-27(15)31(39)40-5)13-24(38)33-21-9-8-20-22-12-18-6-7-19(14-35)28-25(18)32(20,30(21)44-28)10-11-34(22)4/h6-9,15,20-23,26-27,29-30,35H,10-14H2,1-5H3,(H,33,38)/t15-,20?,21+,22+,23?,26-,27-,29-,30?,32-/m0/s1. The minimum Gasteiger partial charge on any atom is -0.486 e. The number of aliphatic hydroxyl groups is 1. The molecule has 2 fully saturated rings. The third kappa shape index (κ3) is 4.78. The Morgan fingerprint density at radius 2 is 1.84 bits per heavy atom. The fourth-order valence-corrected chi connectivity index (χ4v) is 8.33. The van der Waals surface area contributed by atoms with Crippen LogP contribution in [0, 0.1) is 11.8 Å². The van der Waals surface area contributed by atoms with Gasteiger partial charge in [0.05, 0.1) is 26.2 Å². The zero-order chi connectivity index (χ0) is 31.5. The van der Waals surface area contributed by atoms with Crippen molar-refractivity contribution in [1.29, 1.82) is 0 Å². The first-order valence-corrected chi connectivity index (χ1v) is 15.2. The van der Waals surface area contributed by atoms with Crippen LogP contribution in [0.25, 0.3) is 0 Å². The van der Waals surface area contributed by atoms with Gasteiger partial charge >= 0.3 is 17.9 Å². The number of amides is 1. The number of methoxy groups -OCH3 is 1. The maximum absolute atomic E-state index is 13.7. The first-order chi connectivity index (χ1) is 21.0. The Hall–Kier alpha value is -3.48. The van der Waals surface area contributed by atoms with Gasteiger partial charge in [0, 0.05) is 48.3 Å². The lowest BCUT2D eigenvalue weighted by Crippen LogP contribution is -2.67. The van der Waals surface area contributed by atoms with E-state index in [0.29, 0.717) is 0 Å². The van der Waals surface area contributed by atoms with Crippen molar-refractivity contribution in [2.75, 3.05) is 20.7 Å². The molecule has 12 nitrogen and oxygen atoms in total. The second-order valence-electron chi connectivity index (χ2n) is 12.7. The zero-order valence-electron chi connectivity index (χ0n) is 25.6. The molecule has 0 saturated carbocycles. The van der Waals surface area contributed by atoms with Crippen molar-refractivity contribution >= 4 is 23.8 Å². The number of ether oxygens (including phenoxy) is 5. The molecule has 12 heteroatoms. The molecule has 2 bridgehead atoms. The number of carbonyl (C=O) groups is 4. The zero-order valence-corrected chi connectivity index (χ0v) is 25.6. The average Bonchev–Trinajstić information content (AvgIpc) is 3.33. The molecule has 2 N–H and O–H groups in total. The van der Waals surface area contributed by atoms with Gasteiger partial charge in [-0.25, -0.2) is 4.79 Å². The van der Waals surface area contributed by atoms with E-state index < -0.39 is 66.3 Å². The first-order valence-electron chi connectivity index (χ1n) is 15.2. The second-order valence-corrected chi connectivity index (χ2v) is 12.7. The predicted molar refractivity (Wildman–Crippen MR) is 153 cm³/mol. The Bertz CT molecular complexity index is 1390. The highest BCUT2D eigenvalue weighted by molar-refractivity contribution is 5.79. The summed E-state index contributed by atoms with van der Waals surface area (Å²) < 4.78 is 28.7. The van der Waals surface area contributed by atoms with Crippen LogP contribution in [-0.4, -0.2) is 97.1 Å². The quantitative estimate of drug-likeness (QED) is 0.257. The van der Waals surface area contributed by atoms with Gasteiger partial charge in [0.25, 0.3) is 0 Å². The largest absolute Gasteiger partial charge is 0.486 e. The maximum atomic E-state index is 13.7. The fourth-order valence-electron chi connectivity index (χ4n) is 8.33. The Kier molecular flexibility index (Phi) is 7.96. The second kappa shape index (κ2) is 11.5. The molecule has 6 rings (SSSR count). The molecule has 1 amide bonds. The molecule has 3 heterocycles. The van der Waals surface area contributed by atoms with Gasteiger partial charge in [-0.15, -0.1) is 0 Å². The molecule has 2 aliphatic carbocycles. The van der Waals surface area contributed by atoms with Crippen LogP contribution >= 0.6 is 0 Å². The van der Waals surface area contributed by atoms with Gasteiger partial charge < -0.3 is 39.0 Å². The van der Waals surface area contributed by atoms with E-state index in [1.807, 2.05) is 12.1 Å². The molecule has 2 saturated heterocycles. The summed E-state index contributed by atoms with van der Waals surface area (Å²) in [4.78, 5) is 52.8. The molecule has 3 unspecified atom stereocenters. The molecular weight excluding hydrogens is 572 g/mol. The number of nitrogens with one attached hydrogen (secondary N) is 1. The lowest BCUT2D eigenvalue weighted by atomic mass is 9.53. The fraction of sp³-hybridized carbons (Fsp3) is 0.625. The maximum Gasteiger partial charge on any atom is 0.335 e. The highest BCUT2D eigenvalue weighted by Crippen LogP contribution is 2.61. The molecule has 5 aliphatic rings. The summed E-state index contributed by atoms with van der Waals surface area (Å²) in [5.41, 5.74) is 2.74. The minimum absolute atomic E-state index is 0.149. The third-order valence-corrected chi connectivity index (χ3v) is 10.2. The number of benzene rings is 1. The summed E-state index contributed by atoms with van der Waals surface area (Å²) in [6.45, 7) is 4.79. The lowest BCUT2D eigenvalue weighted by molar-refractivity contribution is -0.228. The summed E-state index contributed by atoms with van der Waals surface area (Å²) in [5, 5.41) is 13.3.